The third-order valence-electron chi connectivity index (χ3n) is 5.32. The largest absolute Gasteiger partial charge is 0.348 e. The summed E-state index contributed by atoms with van der Waals surface area (Å²) in [5, 5.41) is 3.60. The van der Waals surface area contributed by atoms with E-state index < -0.39 is 10.0 Å². The van der Waals surface area contributed by atoms with Gasteiger partial charge in [-0.25, -0.2) is 8.42 Å². The molecule has 1 unspecified atom stereocenters. The van der Waals surface area contributed by atoms with Crippen molar-refractivity contribution in [3.05, 3.63) is 64.7 Å². The van der Waals surface area contributed by atoms with Crippen LogP contribution in [0.15, 0.2) is 53.4 Å². The number of carbonyl (C=O) groups is 2. The van der Waals surface area contributed by atoms with E-state index in [1.54, 1.807) is 24.3 Å². The second-order valence-electron chi connectivity index (χ2n) is 7.61. The normalized spacial score (nSPS) is 16.6. The number of halogens is 1. The van der Waals surface area contributed by atoms with Crippen molar-refractivity contribution in [2.45, 2.75) is 24.8 Å². The SMILES string of the molecule is CC(=O)c1cccc(S(=O)(=O)N2CCN(CC(=O)NC(C)c3ccc(Cl)cc3)CC2)c1. The van der Waals surface area contributed by atoms with Gasteiger partial charge in [0.05, 0.1) is 17.5 Å². The van der Waals surface area contributed by atoms with Gasteiger partial charge in [0, 0.05) is 36.8 Å². The highest BCUT2D eigenvalue weighted by molar-refractivity contribution is 7.89. The summed E-state index contributed by atoms with van der Waals surface area (Å²) in [6, 6.07) is 13.2. The van der Waals surface area contributed by atoms with E-state index in [9.17, 15) is 18.0 Å². The molecule has 0 bridgehead atoms. The van der Waals surface area contributed by atoms with Gasteiger partial charge in [0.1, 0.15) is 0 Å². The zero-order valence-electron chi connectivity index (χ0n) is 17.5. The van der Waals surface area contributed by atoms with Crippen LogP contribution >= 0.6 is 11.6 Å². The molecule has 0 spiro atoms. The van der Waals surface area contributed by atoms with E-state index in [0.717, 1.165) is 5.56 Å². The highest BCUT2D eigenvalue weighted by Crippen LogP contribution is 2.20. The van der Waals surface area contributed by atoms with Crippen LogP contribution in [0.2, 0.25) is 5.02 Å². The van der Waals surface area contributed by atoms with Crippen LogP contribution in [-0.2, 0) is 14.8 Å². The van der Waals surface area contributed by atoms with Gasteiger partial charge in [-0.05, 0) is 43.7 Å². The predicted octanol–water partition coefficient (Wildman–Crippen LogP) is 2.73. The number of piperazine rings is 1. The van der Waals surface area contributed by atoms with Crippen molar-refractivity contribution in [2.24, 2.45) is 0 Å². The summed E-state index contributed by atoms with van der Waals surface area (Å²) >= 11 is 5.90. The number of sulfonamides is 1. The molecular formula is C22H26ClN3O4S. The molecule has 1 fully saturated rings. The number of hydrogen-bond acceptors (Lipinski definition) is 5. The van der Waals surface area contributed by atoms with Crippen LogP contribution < -0.4 is 5.32 Å². The van der Waals surface area contributed by atoms with Crippen molar-refractivity contribution in [3.63, 3.8) is 0 Å². The maximum atomic E-state index is 12.9. The predicted molar refractivity (Wildman–Crippen MR) is 120 cm³/mol. The lowest BCUT2D eigenvalue weighted by Crippen LogP contribution is -2.51. The number of nitrogens with zero attached hydrogens (tertiary/aromatic N) is 2. The monoisotopic (exact) mass is 463 g/mol. The Hall–Kier alpha value is -2.26. The van der Waals surface area contributed by atoms with Crippen LogP contribution in [0.25, 0.3) is 0 Å². The lowest BCUT2D eigenvalue weighted by Gasteiger charge is -2.33. The zero-order valence-corrected chi connectivity index (χ0v) is 19.1. The lowest BCUT2D eigenvalue weighted by atomic mass is 10.1. The quantitative estimate of drug-likeness (QED) is 0.638. The average molecular weight is 464 g/mol. The van der Waals surface area contributed by atoms with Crippen LogP contribution in [0.4, 0.5) is 0 Å². The second-order valence-corrected chi connectivity index (χ2v) is 9.98. The molecule has 1 heterocycles. The summed E-state index contributed by atoms with van der Waals surface area (Å²) in [6.07, 6.45) is 0. The van der Waals surface area contributed by atoms with Gasteiger partial charge < -0.3 is 5.32 Å². The number of carbonyl (C=O) groups excluding carboxylic acids is 2. The van der Waals surface area contributed by atoms with Gasteiger partial charge in [-0.2, -0.15) is 4.31 Å². The van der Waals surface area contributed by atoms with Crippen molar-refractivity contribution in [1.29, 1.82) is 0 Å². The van der Waals surface area contributed by atoms with Crippen molar-refractivity contribution < 1.29 is 18.0 Å². The van der Waals surface area contributed by atoms with E-state index in [1.165, 1.54) is 23.4 Å². The average Bonchev–Trinajstić information content (AvgIpc) is 2.74. The summed E-state index contributed by atoms with van der Waals surface area (Å²) in [7, 11) is -3.69. The molecule has 0 radical (unpaired) electrons. The van der Waals surface area contributed by atoms with E-state index in [2.05, 4.69) is 5.32 Å². The molecule has 2 aromatic carbocycles. The third-order valence-corrected chi connectivity index (χ3v) is 7.47. The van der Waals surface area contributed by atoms with Crippen molar-refractivity contribution in [2.75, 3.05) is 32.7 Å². The fourth-order valence-electron chi connectivity index (χ4n) is 3.48. The minimum atomic E-state index is -3.69. The molecule has 1 N–H and O–H groups in total. The molecule has 1 saturated heterocycles. The molecule has 0 aromatic heterocycles. The van der Waals surface area contributed by atoms with Crippen LogP contribution in [0.1, 0.15) is 35.8 Å². The molecule has 0 aliphatic carbocycles. The highest BCUT2D eigenvalue weighted by atomic mass is 35.5. The van der Waals surface area contributed by atoms with Crippen LogP contribution in [0.5, 0.6) is 0 Å². The minimum absolute atomic E-state index is 0.114. The van der Waals surface area contributed by atoms with Crippen molar-refractivity contribution in [1.82, 2.24) is 14.5 Å². The maximum absolute atomic E-state index is 12.9. The summed E-state index contributed by atoms with van der Waals surface area (Å²) in [6.45, 7) is 4.98. The third kappa shape index (κ3) is 5.92. The van der Waals surface area contributed by atoms with Gasteiger partial charge in [-0.1, -0.05) is 35.9 Å². The van der Waals surface area contributed by atoms with E-state index >= 15 is 0 Å². The lowest BCUT2D eigenvalue weighted by molar-refractivity contribution is -0.123. The Bertz CT molecular complexity index is 1050. The summed E-state index contributed by atoms with van der Waals surface area (Å²) in [4.78, 5) is 26.0. The Kier molecular flexibility index (Phi) is 7.48. The molecule has 1 atom stereocenters. The Balaban J connectivity index is 1.54. The standard InChI is InChI=1S/C22H26ClN3O4S/c1-16(18-6-8-20(23)9-7-18)24-22(28)15-25-10-12-26(13-11-25)31(29,30)21-5-3-4-19(14-21)17(2)27/h3-9,14,16H,10-13,15H2,1-2H3,(H,24,28). The number of Topliss-reactive ketones (excluding diaryl/α,β-unsaturated/α-hetero) is 1. The fraction of sp³-hybridized carbons (Fsp3) is 0.364. The fourth-order valence-corrected chi connectivity index (χ4v) is 5.07. The van der Waals surface area contributed by atoms with Gasteiger partial charge in [0.25, 0.3) is 0 Å². The van der Waals surface area contributed by atoms with Crippen molar-refractivity contribution >= 4 is 33.3 Å². The van der Waals surface area contributed by atoms with E-state index in [4.69, 9.17) is 11.6 Å². The van der Waals surface area contributed by atoms with Gasteiger partial charge in [-0.3, -0.25) is 14.5 Å². The van der Waals surface area contributed by atoms with Gasteiger partial charge in [0.15, 0.2) is 5.78 Å². The molecule has 7 nitrogen and oxygen atoms in total. The number of benzene rings is 2. The van der Waals surface area contributed by atoms with Gasteiger partial charge >= 0.3 is 0 Å². The number of rotatable bonds is 7. The van der Waals surface area contributed by atoms with Gasteiger partial charge in [-0.15, -0.1) is 0 Å². The van der Waals surface area contributed by atoms with E-state index in [1.807, 2.05) is 24.0 Å². The van der Waals surface area contributed by atoms with Gasteiger partial charge in [0.2, 0.25) is 15.9 Å². The Morgan fingerprint density at radius 2 is 1.71 bits per heavy atom. The molecule has 0 saturated carbocycles. The summed E-state index contributed by atoms with van der Waals surface area (Å²) in [5.74, 6) is -0.298. The van der Waals surface area contributed by atoms with E-state index in [0.29, 0.717) is 23.7 Å². The first-order valence-corrected chi connectivity index (χ1v) is 11.9. The van der Waals surface area contributed by atoms with Crippen molar-refractivity contribution in [3.8, 4) is 0 Å². The molecule has 9 heteroatoms. The van der Waals surface area contributed by atoms with Crippen LogP contribution in [0.3, 0.4) is 0 Å². The molecule has 1 aliphatic rings. The second kappa shape index (κ2) is 9.91. The topological polar surface area (TPSA) is 86.8 Å². The zero-order chi connectivity index (χ0) is 22.6. The summed E-state index contributed by atoms with van der Waals surface area (Å²) < 4.78 is 27.2. The van der Waals surface area contributed by atoms with Crippen LogP contribution in [-0.4, -0.2) is 62.0 Å². The molecule has 166 valence electrons. The number of ketones is 1. The van der Waals surface area contributed by atoms with E-state index in [-0.39, 0.29) is 42.3 Å². The molecule has 3 rings (SSSR count). The maximum Gasteiger partial charge on any atom is 0.243 e. The number of hydrogen-bond donors (Lipinski definition) is 1. The Morgan fingerprint density at radius 1 is 1.06 bits per heavy atom. The Morgan fingerprint density at radius 3 is 2.32 bits per heavy atom. The minimum Gasteiger partial charge on any atom is -0.348 e. The smallest absolute Gasteiger partial charge is 0.243 e. The number of amides is 1. The van der Waals surface area contributed by atoms with Crippen LogP contribution in [0, 0.1) is 0 Å². The first-order valence-electron chi connectivity index (χ1n) is 10.0. The molecule has 1 amide bonds. The molecule has 2 aromatic rings. The molecule has 1 aliphatic heterocycles. The first-order chi connectivity index (χ1) is 14.7. The Labute approximate surface area is 188 Å². The summed E-state index contributed by atoms with van der Waals surface area (Å²) in [5.41, 5.74) is 1.33. The first kappa shape index (κ1) is 23.4. The molecular weight excluding hydrogens is 438 g/mol. The molecule has 31 heavy (non-hydrogen) atoms. The number of nitrogens with one attached hydrogen (secondary N) is 1. The highest BCUT2D eigenvalue weighted by Gasteiger charge is 2.29.